The summed E-state index contributed by atoms with van der Waals surface area (Å²) in [6.45, 7) is 0. The van der Waals surface area contributed by atoms with Gasteiger partial charge in [0, 0.05) is 4.90 Å². The molecule has 1 saturated heterocycles. The minimum Gasteiger partial charge on any atom is -0.479 e. The Morgan fingerprint density at radius 2 is 1.68 bits per heavy atom. The highest BCUT2D eigenvalue weighted by atomic mass is 32.2. The van der Waals surface area contributed by atoms with E-state index in [0.29, 0.717) is 0 Å². The first kappa shape index (κ1) is 14.3. The summed E-state index contributed by atoms with van der Waals surface area (Å²) in [5, 5.41) is 37.9. The first-order valence-electron chi connectivity index (χ1n) is 5.65. The molecular weight excluding hydrogens is 272 g/mol. The second-order valence-corrected chi connectivity index (χ2v) is 5.34. The fraction of sp³-hybridized carbons (Fsp3) is 0.417. The summed E-state index contributed by atoms with van der Waals surface area (Å²) in [6, 6.07) is 8.94. The Hall–Kier alpha value is -1.12. The Morgan fingerprint density at radius 3 is 2.26 bits per heavy atom. The maximum absolute atomic E-state index is 10.9. The number of aliphatic hydroxyl groups excluding tert-OH is 3. The average molecular weight is 286 g/mol. The standard InChI is InChI=1S/C12H14O6S/c13-7-8(14)10(11(16)17)18-12(9(7)15)19-6-4-2-1-3-5-6/h1-5,7-10,12-15H,(H,16,17)/t7-,8-,9+,10-,12?/m0/s1. The van der Waals surface area contributed by atoms with Gasteiger partial charge in [-0.3, -0.25) is 0 Å². The molecule has 1 heterocycles. The smallest absolute Gasteiger partial charge is 0.335 e. The lowest BCUT2D eigenvalue weighted by Gasteiger charge is -2.38. The second kappa shape index (κ2) is 5.89. The fourth-order valence-corrected chi connectivity index (χ4v) is 2.84. The molecule has 0 radical (unpaired) electrons. The predicted molar refractivity (Wildman–Crippen MR) is 66.6 cm³/mol. The largest absolute Gasteiger partial charge is 0.479 e. The van der Waals surface area contributed by atoms with Crippen LogP contribution in [0, 0.1) is 0 Å². The number of rotatable bonds is 3. The Morgan fingerprint density at radius 1 is 1.05 bits per heavy atom. The van der Waals surface area contributed by atoms with Crippen LogP contribution >= 0.6 is 11.8 Å². The Balaban J connectivity index is 2.13. The van der Waals surface area contributed by atoms with Crippen LogP contribution in [-0.2, 0) is 9.53 Å². The first-order chi connectivity index (χ1) is 9.00. The van der Waals surface area contributed by atoms with E-state index in [1.165, 1.54) is 0 Å². The van der Waals surface area contributed by atoms with Crippen LogP contribution in [-0.4, -0.2) is 56.2 Å². The molecule has 1 fully saturated rings. The number of carboxylic acid groups (broad SMARTS) is 1. The summed E-state index contributed by atoms with van der Waals surface area (Å²) in [5.41, 5.74) is -0.957. The quantitative estimate of drug-likeness (QED) is 0.602. The van der Waals surface area contributed by atoms with Gasteiger partial charge in [0.15, 0.2) is 6.10 Å². The molecule has 5 atom stereocenters. The maximum Gasteiger partial charge on any atom is 0.335 e. The third-order valence-corrected chi connectivity index (χ3v) is 3.98. The lowest BCUT2D eigenvalue weighted by Crippen LogP contribution is -2.58. The van der Waals surface area contributed by atoms with Crippen molar-refractivity contribution in [2.24, 2.45) is 0 Å². The number of carboxylic acids is 1. The summed E-state index contributed by atoms with van der Waals surface area (Å²) in [6.07, 6.45) is -6.13. The Bertz CT molecular complexity index is 439. The summed E-state index contributed by atoms with van der Waals surface area (Å²) >= 11 is 1.09. The van der Waals surface area contributed by atoms with E-state index in [2.05, 4.69) is 0 Å². The van der Waals surface area contributed by atoms with Gasteiger partial charge in [0.25, 0.3) is 0 Å². The highest BCUT2D eigenvalue weighted by Gasteiger charge is 2.47. The van der Waals surface area contributed by atoms with Crippen molar-refractivity contribution in [3.63, 3.8) is 0 Å². The van der Waals surface area contributed by atoms with Crippen molar-refractivity contribution < 1.29 is 30.0 Å². The van der Waals surface area contributed by atoms with E-state index in [0.717, 1.165) is 16.7 Å². The summed E-state index contributed by atoms with van der Waals surface area (Å²) < 4.78 is 5.15. The van der Waals surface area contributed by atoms with Gasteiger partial charge in [0.2, 0.25) is 0 Å². The lowest BCUT2D eigenvalue weighted by atomic mass is 10.0. The SMILES string of the molecule is O=C(O)[C@H]1OC(Sc2ccccc2)[C@H](O)[C@@H](O)[C@@H]1O. The highest BCUT2D eigenvalue weighted by molar-refractivity contribution is 7.99. The summed E-state index contributed by atoms with van der Waals surface area (Å²) in [7, 11) is 0. The van der Waals surface area contributed by atoms with Crippen LogP contribution in [0.3, 0.4) is 0 Å². The third kappa shape index (κ3) is 3.07. The van der Waals surface area contributed by atoms with Gasteiger partial charge in [-0.05, 0) is 12.1 Å². The molecule has 2 rings (SSSR count). The van der Waals surface area contributed by atoms with Crippen molar-refractivity contribution in [2.45, 2.75) is 34.7 Å². The number of aliphatic hydroxyl groups is 3. The van der Waals surface area contributed by atoms with Gasteiger partial charge in [-0.25, -0.2) is 4.79 Å². The lowest BCUT2D eigenvalue weighted by molar-refractivity contribution is -0.209. The monoisotopic (exact) mass is 286 g/mol. The number of benzene rings is 1. The number of thioether (sulfide) groups is 1. The van der Waals surface area contributed by atoms with E-state index in [4.69, 9.17) is 9.84 Å². The molecule has 1 aliphatic rings. The van der Waals surface area contributed by atoms with Crippen LogP contribution in [0.2, 0.25) is 0 Å². The molecule has 0 aliphatic carbocycles. The Kier molecular flexibility index (Phi) is 4.43. The molecule has 104 valence electrons. The van der Waals surface area contributed by atoms with Crippen molar-refractivity contribution in [1.82, 2.24) is 0 Å². The van der Waals surface area contributed by atoms with Crippen molar-refractivity contribution in [3.05, 3.63) is 30.3 Å². The van der Waals surface area contributed by atoms with Crippen LogP contribution < -0.4 is 0 Å². The molecule has 7 heteroatoms. The van der Waals surface area contributed by atoms with Crippen LogP contribution in [0.25, 0.3) is 0 Å². The van der Waals surface area contributed by atoms with Crippen molar-refractivity contribution in [2.75, 3.05) is 0 Å². The predicted octanol–water partition coefficient (Wildman–Crippen LogP) is -0.329. The van der Waals surface area contributed by atoms with Gasteiger partial charge >= 0.3 is 5.97 Å². The van der Waals surface area contributed by atoms with Crippen molar-refractivity contribution in [1.29, 1.82) is 0 Å². The third-order valence-electron chi connectivity index (χ3n) is 2.81. The fourth-order valence-electron chi connectivity index (χ4n) is 1.78. The van der Waals surface area contributed by atoms with E-state index in [-0.39, 0.29) is 0 Å². The van der Waals surface area contributed by atoms with Crippen LogP contribution in [0.15, 0.2) is 35.2 Å². The molecule has 19 heavy (non-hydrogen) atoms. The van der Waals surface area contributed by atoms with Crippen LogP contribution in [0.4, 0.5) is 0 Å². The zero-order chi connectivity index (χ0) is 14.0. The van der Waals surface area contributed by atoms with Crippen LogP contribution in [0.1, 0.15) is 0 Å². The number of aliphatic carboxylic acids is 1. The number of carbonyl (C=O) groups is 1. The zero-order valence-electron chi connectivity index (χ0n) is 9.79. The number of hydrogen-bond donors (Lipinski definition) is 4. The van der Waals surface area contributed by atoms with Crippen molar-refractivity contribution in [3.8, 4) is 0 Å². The average Bonchev–Trinajstić information content (AvgIpc) is 2.40. The molecule has 6 nitrogen and oxygen atoms in total. The first-order valence-corrected chi connectivity index (χ1v) is 6.53. The molecule has 0 amide bonds. The Labute approximate surface area is 113 Å². The zero-order valence-corrected chi connectivity index (χ0v) is 10.6. The normalized spacial score (nSPS) is 35.0. The molecule has 1 unspecified atom stereocenters. The van der Waals surface area contributed by atoms with Crippen molar-refractivity contribution >= 4 is 17.7 Å². The number of ether oxygens (including phenoxy) is 1. The minimum absolute atomic E-state index is 0.763. The van der Waals surface area contributed by atoms with E-state index in [1.54, 1.807) is 24.3 Å². The van der Waals surface area contributed by atoms with Gasteiger partial charge in [-0.15, -0.1) is 0 Å². The van der Waals surface area contributed by atoms with E-state index in [9.17, 15) is 20.1 Å². The van der Waals surface area contributed by atoms with Gasteiger partial charge in [0.1, 0.15) is 23.7 Å². The van der Waals surface area contributed by atoms with Gasteiger partial charge < -0.3 is 25.2 Å². The summed E-state index contributed by atoms with van der Waals surface area (Å²) in [4.78, 5) is 11.7. The van der Waals surface area contributed by atoms with E-state index >= 15 is 0 Å². The van der Waals surface area contributed by atoms with E-state index < -0.39 is 35.8 Å². The summed E-state index contributed by atoms with van der Waals surface area (Å²) in [5.74, 6) is -1.38. The molecular formula is C12H14O6S. The molecule has 1 aromatic rings. The molecule has 1 aliphatic heterocycles. The van der Waals surface area contributed by atoms with E-state index in [1.807, 2.05) is 6.07 Å². The molecule has 0 spiro atoms. The maximum atomic E-state index is 10.9. The van der Waals surface area contributed by atoms with Gasteiger partial charge in [-0.2, -0.15) is 0 Å². The second-order valence-electron chi connectivity index (χ2n) is 4.17. The molecule has 0 saturated carbocycles. The molecule has 0 aromatic heterocycles. The van der Waals surface area contributed by atoms with Gasteiger partial charge in [-0.1, -0.05) is 30.0 Å². The molecule has 0 bridgehead atoms. The topological polar surface area (TPSA) is 107 Å². The molecule has 4 N–H and O–H groups in total. The molecule has 1 aromatic carbocycles. The highest BCUT2D eigenvalue weighted by Crippen LogP contribution is 2.33. The van der Waals surface area contributed by atoms with Crippen LogP contribution in [0.5, 0.6) is 0 Å². The minimum atomic E-state index is -1.65. The van der Waals surface area contributed by atoms with Gasteiger partial charge in [0.05, 0.1) is 0 Å². The number of hydrogen-bond acceptors (Lipinski definition) is 6.